The van der Waals surface area contributed by atoms with Crippen LogP contribution in [0.1, 0.15) is 43.3 Å². The van der Waals surface area contributed by atoms with Gasteiger partial charge in [-0.25, -0.2) is 13.1 Å². The second kappa shape index (κ2) is 7.28. The van der Waals surface area contributed by atoms with Gasteiger partial charge in [-0.2, -0.15) is 0 Å². The van der Waals surface area contributed by atoms with E-state index in [4.69, 9.17) is 14.0 Å². The summed E-state index contributed by atoms with van der Waals surface area (Å²) in [6.45, 7) is 8.31. The zero-order valence-corrected chi connectivity index (χ0v) is 16.2. The Bertz CT molecular complexity index is 869. The highest BCUT2D eigenvalue weighted by atomic mass is 32.2. The van der Waals surface area contributed by atoms with Crippen molar-refractivity contribution < 1.29 is 22.4 Å². The lowest BCUT2D eigenvalue weighted by Gasteiger charge is -2.23. The molecule has 1 N–H and O–H groups in total. The molecule has 1 atom stereocenters. The largest absolute Gasteiger partial charge is 0.490 e. The van der Waals surface area contributed by atoms with Gasteiger partial charge in [-0.05, 0) is 37.5 Å². The van der Waals surface area contributed by atoms with Gasteiger partial charge in [-0.1, -0.05) is 25.1 Å². The Hall–Kier alpha value is -2.06. The lowest BCUT2D eigenvalue weighted by atomic mass is 9.97. The normalized spacial score (nSPS) is 15.7. The highest BCUT2D eigenvalue weighted by Crippen LogP contribution is 2.35. The molecule has 8 heteroatoms. The minimum absolute atomic E-state index is 0.0231. The molecular weight excluding hydrogens is 356 g/mol. The molecular formula is C18H24N2O5S. The van der Waals surface area contributed by atoms with Crippen molar-refractivity contribution in [3.63, 3.8) is 0 Å². The fourth-order valence-corrected chi connectivity index (χ4v) is 4.75. The van der Waals surface area contributed by atoms with Crippen LogP contribution >= 0.6 is 0 Å². The number of benzene rings is 1. The first kappa shape index (κ1) is 18.7. The molecule has 1 aliphatic rings. The van der Waals surface area contributed by atoms with Crippen LogP contribution < -0.4 is 14.2 Å². The number of hydrogen-bond acceptors (Lipinski definition) is 6. The quantitative estimate of drug-likeness (QED) is 0.857. The number of nitrogens with one attached hydrogen (secondary N) is 1. The number of ether oxygens (including phenoxy) is 2. The molecule has 0 bridgehead atoms. The third-order valence-electron chi connectivity index (χ3n) is 4.32. The number of fused-ring (bicyclic) bond motifs is 1. The molecule has 7 nitrogen and oxygen atoms in total. The highest BCUT2D eigenvalue weighted by Gasteiger charge is 2.29. The van der Waals surface area contributed by atoms with Crippen molar-refractivity contribution >= 4 is 10.0 Å². The first-order chi connectivity index (χ1) is 12.3. The molecule has 26 heavy (non-hydrogen) atoms. The average molecular weight is 380 g/mol. The Morgan fingerprint density at radius 3 is 2.42 bits per heavy atom. The third-order valence-corrected chi connectivity index (χ3v) is 6.00. The number of hydrogen-bond donors (Lipinski definition) is 1. The fraction of sp³-hybridized carbons (Fsp3) is 0.500. The summed E-state index contributed by atoms with van der Waals surface area (Å²) in [5.74, 6) is 1.62. The van der Waals surface area contributed by atoms with Crippen LogP contribution in [0, 0.1) is 19.8 Å². The van der Waals surface area contributed by atoms with Gasteiger partial charge in [0.15, 0.2) is 17.3 Å². The van der Waals surface area contributed by atoms with Crippen LogP contribution in [0.25, 0.3) is 0 Å². The van der Waals surface area contributed by atoms with Crippen LogP contribution in [-0.4, -0.2) is 26.8 Å². The van der Waals surface area contributed by atoms with Crippen molar-refractivity contribution in [3.05, 3.63) is 35.2 Å². The molecule has 3 rings (SSSR count). The minimum atomic E-state index is -3.78. The van der Waals surface area contributed by atoms with Gasteiger partial charge in [0.25, 0.3) is 0 Å². The van der Waals surface area contributed by atoms with Crippen LogP contribution in [0.15, 0.2) is 27.6 Å². The van der Waals surface area contributed by atoms with Crippen LogP contribution in [0.2, 0.25) is 0 Å². The van der Waals surface area contributed by atoms with Crippen LogP contribution in [0.4, 0.5) is 0 Å². The second-order valence-electron chi connectivity index (χ2n) is 6.75. The van der Waals surface area contributed by atoms with Gasteiger partial charge in [0.05, 0.1) is 13.2 Å². The number of nitrogens with zero attached hydrogens (tertiary/aromatic N) is 1. The van der Waals surface area contributed by atoms with Gasteiger partial charge in [-0.15, -0.1) is 0 Å². The van der Waals surface area contributed by atoms with E-state index in [-0.39, 0.29) is 16.6 Å². The predicted molar refractivity (Wildman–Crippen MR) is 95.9 cm³/mol. The van der Waals surface area contributed by atoms with Crippen LogP contribution in [-0.2, 0) is 10.0 Å². The summed E-state index contributed by atoms with van der Waals surface area (Å²) in [6, 6.07) is 5.12. The van der Waals surface area contributed by atoms with Crippen LogP contribution in [0.5, 0.6) is 11.5 Å². The molecule has 0 aliphatic carbocycles. The maximum Gasteiger partial charge on any atom is 0.246 e. The third kappa shape index (κ3) is 3.71. The Kier molecular flexibility index (Phi) is 5.24. The van der Waals surface area contributed by atoms with Crippen molar-refractivity contribution in [3.8, 4) is 11.5 Å². The zero-order chi connectivity index (χ0) is 18.9. The maximum absolute atomic E-state index is 12.9. The van der Waals surface area contributed by atoms with E-state index in [1.54, 1.807) is 13.8 Å². The van der Waals surface area contributed by atoms with Gasteiger partial charge in [0, 0.05) is 12.5 Å². The molecule has 0 unspecified atom stereocenters. The Morgan fingerprint density at radius 2 is 1.81 bits per heavy atom. The summed E-state index contributed by atoms with van der Waals surface area (Å²) in [5, 5.41) is 3.74. The van der Waals surface area contributed by atoms with E-state index in [1.807, 2.05) is 32.0 Å². The summed E-state index contributed by atoms with van der Waals surface area (Å²) in [7, 11) is -3.78. The van der Waals surface area contributed by atoms with E-state index < -0.39 is 16.1 Å². The molecule has 0 saturated carbocycles. The van der Waals surface area contributed by atoms with Crippen molar-refractivity contribution in [1.82, 2.24) is 9.88 Å². The molecule has 0 amide bonds. The van der Waals surface area contributed by atoms with Crippen molar-refractivity contribution in [2.45, 2.75) is 45.1 Å². The molecule has 142 valence electrons. The Morgan fingerprint density at radius 1 is 1.12 bits per heavy atom. The van der Waals surface area contributed by atoms with E-state index in [1.165, 1.54) is 0 Å². The summed E-state index contributed by atoms with van der Waals surface area (Å²) >= 11 is 0. The summed E-state index contributed by atoms with van der Waals surface area (Å²) in [5.41, 5.74) is 1.16. The Labute approximate surface area is 153 Å². The van der Waals surface area contributed by atoms with Gasteiger partial charge in [0.2, 0.25) is 10.0 Å². The molecule has 2 heterocycles. The van der Waals surface area contributed by atoms with Gasteiger partial charge in [-0.3, -0.25) is 0 Å². The zero-order valence-electron chi connectivity index (χ0n) is 15.4. The SMILES string of the molecule is Cc1noc(C)c1S(=O)(=O)N[C@@H](c1ccc2c(c1)OCCCO2)C(C)C. The lowest BCUT2D eigenvalue weighted by Crippen LogP contribution is -2.32. The average Bonchev–Trinajstić information content (AvgIpc) is 2.79. The number of aryl methyl sites for hydroxylation is 2. The molecule has 0 radical (unpaired) electrons. The molecule has 1 aromatic heterocycles. The molecule has 0 spiro atoms. The van der Waals surface area contributed by atoms with Gasteiger partial charge in [0.1, 0.15) is 10.6 Å². The number of sulfonamides is 1. The fourth-order valence-electron chi connectivity index (χ4n) is 3.05. The number of aromatic nitrogens is 1. The first-order valence-electron chi connectivity index (χ1n) is 8.64. The van der Waals surface area contributed by atoms with Crippen LogP contribution in [0.3, 0.4) is 0 Å². The first-order valence-corrected chi connectivity index (χ1v) is 10.1. The minimum Gasteiger partial charge on any atom is -0.490 e. The van der Waals surface area contributed by atoms with E-state index in [2.05, 4.69) is 9.88 Å². The second-order valence-corrected chi connectivity index (χ2v) is 8.40. The molecule has 1 aromatic carbocycles. The monoisotopic (exact) mass is 380 g/mol. The van der Waals surface area contributed by atoms with Crippen molar-refractivity contribution in [2.24, 2.45) is 5.92 Å². The molecule has 1 aliphatic heterocycles. The highest BCUT2D eigenvalue weighted by molar-refractivity contribution is 7.89. The topological polar surface area (TPSA) is 90.7 Å². The smallest absolute Gasteiger partial charge is 0.246 e. The number of rotatable bonds is 5. The van der Waals surface area contributed by atoms with Crippen molar-refractivity contribution in [1.29, 1.82) is 0 Å². The lowest BCUT2D eigenvalue weighted by molar-refractivity contribution is 0.297. The van der Waals surface area contributed by atoms with E-state index >= 15 is 0 Å². The summed E-state index contributed by atoms with van der Waals surface area (Å²) in [4.78, 5) is 0.0949. The van der Waals surface area contributed by atoms with E-state index in [9.17, 15) is 8.42 Å². The molecule has 0 saturated heterocycles. The summed E-state index contributed by atoms with van der Waals surface area (Å²) < 4.78 is 45.0. The predicted octanol–water partition coefficient (Wildman–Crippen LogP) is 3.13. The van der Waals surface area contributed by atoms with E-state index in [0.717, 1.165) is 12.0 Å². The maximum atomic E-state index is 12.9. The van der Waals surface area contributed by atoms with Gasteiger partial charge >= 0.3 is 0 Å². The summed E-state index contributed by atoms with van der Waals surface area (Å²) in [6.07, 6.45) is 0.816. The molecule has 0 fully saturated rings. The van der Waals surface area contributed by atoms with Crippen molar-refractivity contribution in [2.75, 3.05) is 13.2 Å². The van der Waals surface area contributed by atoms with E-state index in [0.29, 0.717) is 30.4 Å². The standard InChI is InChI=1S/C18H24N2O5S/c1-11(2)17(20-26(21,22)18-12(3)19-25-13(18)4)14-6-7-15-16(10-14)24-9-5-8-23-15/h6-7,10-11,17,20H,5,8-9H2,1-4H3/t17-/m1/s1. The Balaban J connectivity index is 1.94. The molecule has 2 aromatic rings. The van der Waals surface area contributed by atoms with Gasteiger partial charge < -0.3 is 14.0 Å².